The van der Waals surface area contributed by atoms with Crippen LogP contribution in [0, 0.1) is 20.8 Å². The second-order valence-corrected chi connectivity index (χ2v) is 7.16. The van der Waals surface area contributed by atoms with E-state index < -0.39 is 0 Å². The molecule has 3 heteroatoms. The molecule has 0 atom stereocenters. The molecule has 0 aliphatic heterocycles. The van der Waals surface area contributed by atoms with E-state index in [0.29, 0.717) is 23.5 Å². The van der Waals surface area contributed by atoms with Gasteiger partial charge in [0, 0.05) is 12.0 Å². The summed E-state index contributed by atoms with van der Waals surface area (Å²) in [6, 6.07) is 6.45. The zero-order valence-corrected chi connectivity index (χ0v) is 18.0. The van der Waals surface area contributed by atoms with E-state index in [1.54, 1.807) is 14.0 Å². The third-order valence-corrected chi connectivity index (χ3v) is 4.84. The molecule has 0 aliphatic rings. The highest BCUT2D eigenvalue weighted by Crippen LogP contribution is 2.23. The highest BCUT2D eigenvalue weighted by molar-refractivity contribution is 5.56. The van der Waals surface area contributed by atoms with Gasteiger partial charge in [-0.25, -0.2) is 4.79 Å². The fraction of sp³-hybridized carbons (Fsp3) is 0.269. The SMILES string of the molecule is C=CCc1cc(C)ccc1\C=C/C=C\C(C)=C\Cc1oc(=O)c(C)c(OC)c1C. The van der Waals surface area contributed by atoms with Gasteiger partial charge in [0.25, 0.3) is 0 Å². The normalized spacial score (nSPS) is 12.1. The smallest absolute Gasteiger partial charge is 0.342 e. The maximum atomic E-state index is 12.0. The maximum Gasteiger partial charge on any atom is 0.342 e. The van der Waals surface area contributed by atoms with Crippen LogP contribution < -0.4 is 10.4 Å². The zero-order chi connectivity index (χ0) is 21.4. The van der Waals surface area contributed by atoms with Crippen molar-refractivity contribution in [2.24, 2.45) is 0 Å². The Morgan fingerprint density at radius 2 is 1.90 bits per heavy atom. The first-order chi connectivity index (χ1) is 13.9. The lowest BCUT2D eigenvalue weighted by Gasteiger charge is -2.10. The molecule has 0 aliphatic carbocycles. The van der Waals surface area contributed by atoms with Crippen molar-refractivity contribution in [1.29, 1.82) is 0 Å². The minimum atomic E-state index is -0.347. The fourth-order valence-electron chi connectivity index (χ4n) is 3.18. The van der Waals surface area contributed by atoms with E-state index in [2.05, 4.69) is 37.8 Å². The van der Waals surface area contributed by atoms with Crippen molar-refractivity contribution in [2.75, 3.05) is 7.11 Å². The molecule has 1 aromatic carbocycles. The van der Waals surface area contributed by atoms with Crippen molar-refractivity contribution < 1.29 is 9.15 Å². The number of aryl methyl sites for hydroxylation is 1. The number of ether oxygens (including phenoxy) is 1. The Labute approximate surface area is 173 Å². The van der Waals surface area contributed by atoms with E-state index in [1.165, 1.54) is 16.7 Å². The molecular weight excluding hydrogens is 360 g/mol. The molecule has 0 amide bonds. The summed E-state index contributed by atoms with van der Waals surface area (Å²) in [5.41, 5.74) is 5.84. The molecule has 0 saturated carbocycles. The summed E-state index contributed by atoms with van der Waals surface area (Å²) in [5.74, 6) is 1.24. The first kappa shape index (κ1) is 22.2. The molecule has 0 unspecified atom stereocenters. The molecule has 0 bridgehead atoms. The van der Waals surface area contributed by atoms with Crippen molar-refractivity contribution in [3.8, 4) is 5.75 Å². The number of methoxy groups -OCH3 is 1. The highest BCUT2D eigenvalue weighted by Gasteiger charge is 2.13. The largest absolute Gasteiger partial charge is 0.496 e. The van der Waals surface area contributed by atoms with E-state index in [4.69, 9.17) is 9.15 Å². The summed E-state index contributed by atoms with van der Waals surface area (Å²) < 4.78 is 10.8. The fourth-order valence-corrected chi connectivity index (χ4v) is 3.18. The molecule has 1 heterocycles. The Hall–Kier alpha value is -3.07. The molecular formula is C26H30O3. The van der Waals surface area contributed by atoms with Crippen LogP contribution in [0.15, 0.2) is 69.9 Å². The second kappa shape index (κ2) is 10.5. The van der Waals surface area contributed by atoms with E-state index in [1.807, 2.05) is 44.2 Å². The van der Waals surface area contributed by atoms with Gasteiger partial charge in [-0.05, 0) is 45.2 Å². The van der Waals surface area contributed by atoms with Gasteiger partial charge in [0.15, 0.2) is 0 Å². The van der Waals surface area contributed by atoms with Gasteiger partial charge in [0.2, 0.25) is 0 Å². The maximum absolute atomic E-state index is 12.0. The second-order valence-electron chi connectivity index (χ2n) is 7.16. The molecule has 0 spiro atoms. The van der Waals surface area contributed by atoms with E-state index in [-0.39, 0.29) is 5.63 Å². The number of hydrogen-bond donors (Lipinski definition) is 0. The Morgan fingerprint density at radius 1 is 1.14 bits per heavy atom. The van der Waals surface area contributed by atoms with Gasteiger partial charge in [0.1, 0.15) is 11.5 Å². The summed E-state index contributed by atoms with van der Waals surface area (Å²) >= 11 is 0. The third-order valence-electron chi connectivity index (χ3n) is 4.84. The molecule has 1 aromatic heterocycles. The van der Waals surface area contributed by atoms with E-state index >= 15 is 0 Å². The van der Waals surface area contributed by atoms with Gasteiger partial charge < -0.3 is 9.15 Å². The summed E-state index contributed by atoms with van der Waals surface area (Å²) in [4.78, 5) is 12.0. The Morgan fingerprint density at radius 3 is 2.59 bits per heavy atom. The lowest BCUT2D eigenvalue weighted by Crippen LogP contribution is -2.10. The van der Waals surface area contributed by atoms with Gasteiger partial charge in [-0.15, -0.1) is 6.58 Å². The standard InChI is InChI=1S/C26H30O3/c1-7-10-23-17-19(3)13-15-22(23)12-9-8-11-18(2)14-16-24-20(4)25(28-6)21(5)26(27)29-24/h7-9,11-15,17H,1,10,16H2,2-6H3/b11-8-,12-9-,18-14+. The van der Waals surface area contributed by atoms with Gasteiger partial charge in [-0.3, -0.25) is 0 Å². The van der Waals surface area contributed by atoms with Crippen molar-refractivity contribution in [3.05, 3.63) is 105 Å². The molecule has 152 valence electrons. The van der Waals surface area contributed by atoms with Crippen LogP contribution in [0.2, 0.25) is 0 Å². The summed E-state index contributed by atoms with van der Waals surface area (Å²) in [5, 5.41) is 0. The molecule has 2 rings (SSSR count). The summed E-state index contributed by atoms with van der Waals surface area (Å²) in [6.45, 7) is 11.6. The molecule has 0 N–H and O–H groups in total. The lowest BCUT2D eigenvalue weighted by molar-refractivity contribution is 0.383. The highest BCUT2D eigenvalue weighted by atomic mass is 16.5. The van der Waals surface area contributed by atoms with E-state index in [0.717, 1.165) is 17.6 Å². The average molecular weight is 391 g/mol. The van der Waals surface area contributed by atoms with Crippen LogP contribution in [0.4, 0.5) is 0 Å². The van der Waals surface area contributed by atoms with Crippen LogP contribution in [-0.4, -0.2) is 7.11 Å². The van der Waals surface area contributed by atoms with Crippen molar-refractivity contribution in [3.63, 3.8) is 0 Å². The average Bonchev–Trinajstić information content (AvgIpc) is 2.69. The number of allylic oxidation sites excluding steroid dienone is 6. The zero-order valence-electron chi connectivity index (χ0n) is 18.0. The van der Waals surface area contributed by atoms with Crippen LogP contribution >= 0.6 is 0 Å². The predicted molar refractivity (Wildman–Crippen MR) is 122 cm³/mol. The van der Waals surface area contributed by atoms with Gasteiger partial charge in [-0.2, -0.15) is 0 Å². The summed E-state index contributed by atoms with van der Waals surface area (Å²) in [6.07, 6.45) is 13.6. The van der Waals surface area contributed by atoms with Crippen molar-refractivity contribution in [1.82, 2.24) is 0 Å². The van der Waals surface area contributed by atoms with Gasteiger partial charge in [0.05, 0.1) is 12.7 Å². The van der Waals surface area contributed by atoms with Crippen LogP contribution in [0.3, 0.4) is 0 Å². The molecule has 2 aromatic rings. The van der Waals surface area contributed by atoms with Gasteiger partial charge >= 0.3 is 5.63 Å². The lowest BCUT2D eigenvalue weighted by atomic mass is 10.0. The van der Waals surface area contributed by atoms with Crippen LogP contribution in [0.1, 0.15) is 40.5 Å². The quantitative estimate of drug-likeness (QED) is 0.406. The third kappa shape index (κ3) is 5.95. The molecule has 29 heavy (non-hydrogen) atoms. The number of rotatable bonds is 8. The summed E-state index contributed by atoms with van der Waals surface area (Å²) in [7, 11) is 1.57. The van der Waals surface area contributed by atoms with E-state index in [9.17, 15) is 4.79 Å². The predicted octanol–water partition coefficient (Wildman–Crippen LogP) is 6.06. The molecule has 0 fully saturated rings. The Balaban J connectivity index is 2.10. The Bertz CT molecular complexity index is 1020. The van der Waals surface area contributed by atoms with Crippen LogP contribution in [0.5, 0.6) is 5.75 Å². The monoisotopic (exact) mass is 390 g/mol. The molecule has 3 nitrogen and oxygen atoms in total. The molecule has 0 saturated heterocycles. The number of hydrogen-bond acceptors (Lipinski definition) is 3. The number of benzene rings is 1. The van der Waals surface area contributed by atoms with Crippen molar-refractivity contribution >= 4 is 6.08 Å². The van der Waals surface area contributed by atoms with Crippen molar-refractivity contribution in [2.45, 2.75) is 40.5 Å². The Kier molecular flexibility index (Phi) is 8.02. The van der Waals surface area contributed by atoms with Crippen LogP contribution in [-0.2, 0) is 12.8 Å². The topological polar surface area (TPSA) is 39.4 Å². The minimum Gasteiger partial charge on any atom is -0.496 e. The first-order valence-electron chi connectivity index (χ1n) is 9.76. The minimum absolute atomic E-state index is 0.347. The van der Waals surface area contributed by atoms with Crippen LogP contribution in [0.25, 0.3) is 6.08 Å². The van der Waals surface area contributed by atoms with Gasteiger partial charge in [-0.1, -0.05) is 65.8 Å². The first-order valence-corrected chi connectivity index (χ1v) is 9.76. The molecule has 0 radical (unpaired) electrons.